The predicted molar refractivity (Wildman–Crippen MR) is 75.5 cm³/mol. The number of rotatable bonds is 5. The molecular weight excluding hydrogens is 240 g/mol. The molecule has 0 bridgehead atoms. The van der Waals surface area contributed by atoms with Gasteiger partial charge in [0.2, 0.25) is 5.95 Å². The number of hydrogen-bond acceptors (Lipinski definition) is 4. The van der Waals surface area contributed by atoms with Crippen LogP contribution >= 0.6 is 0 Å². The highest BCUT2D eigenvalue weighted by Gasteiger charge is 2.37. The topological polar surface area (TPSA) is 42.3 Å². The standard InChI is InChI=1S/C14H24N4O/c1-11-10-18(8-9-19-2)14(15-11)16-12-5-7-17-6-3-4-13(12)17/h10,12-13H,3-9H2,1-2H3,(H,15,16). The van der Waals surface area contributed by atoms with Crippen molar-refractivity contribution in [3.63, 3.8) is 0 Å². The minimum Gasteiger partial charge on any atom is -0.383 e. The first-order valence-corrected chi connectivity index (χ1v) is 7.31. The molecule has 0 aliphatic carbocycles. The van der Waals surface area contributed by atoms with Gasteiger partial charge >= 0.3 is 0 Å². The number of hydrogen-bond donors (Lipinski definition) is 1. The zero-order chi connectivity index (χ0) is 13.2. The average Bonchev–Trinajstić information content (AvgIpc) is 3.05. The van der Waals surface area contributed by atoms with Crippen molar-refractivity contribution in [3.05, 3.63) is 11.9 Å². The summed E-state index contributed by atoms with van der Waals surface area (Å²) in [6, 6.07) is 1.28. The number of methoxy groups -OCH3 is 1. The molecule has 0 spiro atoms. The molecule has 1 aromatic heterocycles. The second kappa shape index (κ2) is 5.51. The van der Waals surface area contributed by atoms with Crippen LogP contribution in [-0.2, 0) is 11.3 Å². The Morgan fingerprint density at radius 1 is 1.42 bits per heavy atom. The number of nitrogens with one attached hydrogen (secondary N) is 1. The maximum absolute atomic E-state index is 5.16. The molecule has 0 saturated carbocycles. The highest BCUT2D eigenvalue weighted by Crippen LogP contribution is 2.29. The van der Waals surface area contributed by atoms with Gasteiger partial charge in [0.25, 0.3) is 0 Å². The van der Waals surface area contributed by atoms with E-state index < -0.39 is 0 Å². The van der Waals surface area contributed by atoms with Crippen LogP contribution in [-0.4, -0.2) is 53.3 Å². The van der Waals surface area contributed by atoms with Gasteiger partial charge in [-0.05, 0) is 32.7 Å². The minimum absolute atomic E-state index is 0.561. The van der Waals surface area contributed by atoms with Gasteiger partial charge in [0, 0.05) is 38.5 Å². The van der Waals surface area contributed by atoms with E-state index in [9.17, 15) is 0 Å². The van der Waals surface area contributed by atoms with E-state index in [2.05, 4.69) is 26.0 Å². The van der Waals surface area contributed by atoms with E-state index in [0.717, 1.165) is 24.8 Å². The smallest absolute Gasteiger partial charge is 0.203 e. The summed E-state index contributed by atoms with van der Waals surface area (Å²) in [5.41, 5.74) is 1.07. The van der Waals surface area contributed by atoms with Crippen molar-refractivity contribution in [2.45, 2.75) is 44.8 Å². The first-order valence-electron chi connectivity index (χ1n) is 7.31. The molecule has 3 heterocycles. The van der Waals surface area contributed by atoms with Gasteiger partial charge in [0.15, 0.2) is 0 Å². The third kappa shape index (κ3) is 2.62. The molecule has 2 aliphatic heterocycles. The number of fused-ring (bicyclic) bond motifs is 1. The summed E-state index contributed by atoms with van der Waals surface area (Å²) in [5, 5.41) is 3.67. The molecule has 5 nitrogen and oxygen atoms in total. The van der Waals surface area contributed by atoms with Crippen LogP contribution in [0.2, 0.25) is 0 Å². The molecule has 2 unspecified atom stereocenters. The van der Waals surface area contributed by atoms with Gasteiger partial charge in [-0.15, -0.1) is 0 Å². The Morgan fingerprint density at radius 2 is 2.32 bits per heavy atom. The SMILES string of the molecule is COCCn1cc(C)nc1NC1CCN2CCCC12. The van der Waals surface area contributed by atoms with Crippen LogP contribution in [0.1, 0.15) is 25.0 Å². The van der Waals surface area contributed by atoms with Gasteiger partial charge in [-0.3, -0.25) is 4.90 Å². The van der Waals surface area contributed by atoms with Crippen molar-refractivity contribution in [1.29, 1.82) is 0 Å². The highest BCUT2D eigenvalue weighted by atomic mass is 16.5. The lowest BCUT2D eigenvalue weighted by Gasteiger charge is -2.22. The van der Waals surface area contributed by atoms with Gasteiger partial charge in [-0.25, -0.2) is 4.98 Å². The Kier molecular flexibility index (Phi) is 3.75. The molecule has 2 atom stereocenters. The third-order valence-electron chi connectivity index (χ3n) is 4.35. The fourth-order valence-corrected chi connectivity index (χ4v) is 3.44. The lowest BCUT2D eigenvalue weighted by Crippen LogP contribution is -2.34. The summed E-state index contributed by atoms with van der Waals surface area (Å²) < 4.78 is 7.34. The number of nitrogens with zero attached hydrogens (tertiary/aromatic N) is 3. The monoisotopic (exact) mass is 264 g/mol. The van der Waals surface area contributed by atoms with E-state index in [0.29, 0.717) is 12.1 Å². The Balaban J connectivity index is 1.68. The first-order chi connectivity index (χ1) is 9.28. The van der Waals surface area contributed by atoms with Gasteiger partial charge in [-0.1, -0.05) is 0 Å². The maximum Gasteiger partial charge on any atom is 0.203 e. The van der Waals surface area contributed by atoms with Crippen molar-refractivity contribution in [1.82, 2.24) is 14.5 Å². The first kappa shape index (κ1) is 12.9. The fourth-order valence-electron chi connectivity index (χ4n) is 3.44. The van der Waals surface area contributed by atoms with E-state index >= 15 is 0 Å². The number of aromatic nitrogens is 2. The van der Waals surface area contributed by atoms with Crippen LogP contribution in [0.3, 0.4) is 0 Å². The lowest BCUT2D eigenvalue weighted by atomic mass is 10.1. The third-order valence-corrected chi connectivity index (χ3v) is 4.35. The lowest BCUT2D eigenvalue weighted by molar-refractivity contribution is 0.187. The summed E-state index contributed by atoms with van der Waals surface area (Å²) in [6.45, 7) is 6.15. The van der Waals surface area contributed by atoms with Crippen LogP contribution in [0.4, 0.5) is 5.95 Å². The van der Waals surface area contributed by atoms with Gasteiger partial charge in [-0.2, -0.15) is 0 Å². The van der Waals surface area contributed by atoms with Crippen LogP contribution in [0.15, 0.2) is 6.20 Å². The van der Waals surface area contributed by atoms with E-state index in [1.165, 1.54) is 32.4 Å². The summed E-state index contributed by atoms with van der Waals surface area (Å²) in [5.74, 6) is 1.01. The summed E-state index contributed by atoms with van der Waals surface area (Å²) in [6.07, 6.45) is 6.01. The minimum atomic E-state index is 0.561. The number of imidazole rings is 1. The molecule has 0 aromatic carbocycles. The van der Waals surface area contributed by atoms with Gasteiger partial charge in [0.05, 0.1) is 12.3 Å². The highest BCUT2D eigenvalue weighted by molar-refractivity contribution is 5.32. The second-order valence-corrected chi connectivity index (χ2v) is 5.68. The number of aryl methyl sites for hydroxylation is 1. The van der Waals surface area contributed by atoms with E-state index in [4.69, 9.17) is 4.74 Å². The molecule has 1 aromatic rings. The summed E-state index contributed by atoms with van der Waals surface area (Å²) in [4.78, 5) is 7.24. The molecule has 19 heavy (non-hydrogen) atoms. The molecule has 5 heteroatoms. The zero-order valence-corrected chi connectivity index (χ0v) is 11.9. The molecule has 2 saturated heterocycles. The normalized spacial score (nSPS) is 26.8. The van der Waals surface area contributed by atoms with Gasteiger partial charge < -0.3 is 14.6 Å². The van der Waals surface area contributed by atoms with Crippen molar-refractivity contribution < 1.29 is 4.74 Å². The van der Waals surface area contributed by atoms with Crippen molar-refractivity contribution in [2.24, 2.45) is 0 Å². The van der Waals surface area contributed by atoms with E-state index in [1.807, 2.05) is 6.92 Å². The van der Waals surface area contributed by atoms with Crippen molar-refractivity contribution in [2.75, 3.05) is 32.1 Å². The average molecular weight is 264 g/mol. The molecular formula is C14H24N4O. The van der Waals surface area contributed by atoms with Crippen LogP contribution in [0.5, 0.6) is 0 Å². The van der Waals surface area contributed by atoms with E-state index in [1.54, 1.807) is 7.11 Å². The molecule has 2 fully saturated rings. The Bertz CT molecular complexity index is 431. The quantitative estimate of drug-likeness (QED) is 0.875. The fraction of sp³-hybridized carbons (Fsp3) is 0.786. The molecule has 3 rings (SSSR count). The zero-order valence-electron chi connectivity index (χ0n) is 11.9. The van der Waals surface area contributed by atoms with Crippen LogP contribution in [0, 0.1) is 6.92 Å². The van der Waals surface area contributed by atoms with Gasteiger partial charge in [0.1, 0.15) is 0 Å². The predicted octanol–water partition coefficient (Wildman–Crippen LogP) is 1.49. The summed E-state index contributed by atoms with van der Waals surface area (Å²) >= 11 is 0. The Labute approximate surface area is 114 Å². The second-order valence-electron chi connectivity index (χ2n) is 5.68. The largest absolute Gasteiger partial charge is 0.383 e. The Morgan fingerprint density at radius 3 is 3.16 bits per heavy atom. The van der Waals surface area contributed by atoms with Crippen LogP contribution in [0.25, 0.3) is 0 Å². The number of ether oxygens (including phenoxy) is 1. The van der Waals surface area contributed by atoms with Crippen molar-refractivity contribution in [3.8, 4) is 0 Å². The molecule has 106 valence electrons. The van der Waals surface area contributed by atoms with Crippen LogP contribution < -0.4 is 5.32 Å². The molecule has 0 radical (unpaired) electrons. The summed E-state index contributed by atoms with van der Waals surface area (Å²) in [7, 11) is 1.74. The number of anilines is 1. The van der Waals surface area contributed by atoms with E-state index in [-0.39, 0.29) is 0 Å². The molecule has 1 N–H and O–H groups in total. The molecule has 2 aliphatic rings. The van der Waals surface area contributed by atoms with Crippen molar-refractivity contribution >= 4 is 5.95 Å². The maximum atomic E-state index is 5.16. The molecule has 0 amide bonds. The Hall–Kier alpha value is -1.07.